The summed E-state index contributed by atoms with van der Waals surface area (Å²) >= 11 is 11.8. The number of fused-ring (bicyclic) bond motifs is 10. The molecule has 5 atom stereocenters. The van der Waals surface area contributed by atoms with E-state index < -0.39 is 50.1 Å². The molecule has 0 spiro atoms. The van der Waals surface area contributed by atoms with Crippen molar-refractivity contribution in [2.75, 3.05) is 72.2 Å². The van der Waals surface area contributed by atoms with Gasteiger partial charge in [-0.1, -0.05) is 53.1 Å². The Morgan fingerprint density at radius 3 is 0.860 bits per heavy atom. The molecule has 23 rings (SSSR count). The third-order valence-corrected chi connectivity index (χ3v) is 34.7. The number of rotatable bonds is 25. The van der Waals surface area contributed by atoms with Crippen LogP contribution in [0.1, 0.15) is 106 Å². The number of anilines is 5. The van der Waals surface area contributed by atoms with E-state index in [4.69, 9.17) is 28.9 Å². The topological polar surface area (TPSA) is 501 Å². The number of nitrogens with zero attached hydrogens (tertiary/aromatic N) is 28. The maximum atomic E-state index is 13.3. The molecule has 0 amide bonds. The predicted molar refractivity (Wildman–Crippen MR) is 572 cm³/mol. The summed E-state index contributed by atoms with van der Waals surface area (Å²) in [5.74, 6) is 9.76. The zero-order valence-corrected chi connectivity index (χ0v) is 92.9. The fourth-order valence-corrected chi connectivity index (χ4v) is 24.6. The summed E-state index contributed by atoms with van der Waals surface area (Å²) in [6.45, 7) is 10.8. The van der Waals surface area contributed by atoms with E-state index in [1.807, 2.05) is 108 Å². The smallest absolute Gasteiger partial charge is 0.269 e. The van der Waals surface area contributed by atoms with Crippen molar-refractivity contribution >= 4 is 158 Å². The van der Waals surface area contributed by atoms with Gasteiger partial charge in [-0.05, 0) is 120 Å². The Labute approximate surface area is 893 Å². The summed E-state index contributed by atoms with van der Waals surface area (Å²) in [6, 6.07) is 30.7. The minimum absolute atomic E-state index is 0. The van der Waals surface area contributed by atoms with Crippen LogP contribution in [0.15, 0.2) is 211 Å². The van der Waals surface area contributed by atoms with Gasteiger partial charge in [-0.2, -0.15) is 0 Å². The molecule has 18 aromatic rings. The molecule has 788 valence electrons. The van der Waals surface area contributed by atoms with Gasteiger partial charge in [0, 0.05) is 220 Å². The predicted octanol–water partition coefficient (Wildman–Crippen LogP) is 10.6. The van der Waals surface area contributed by atoms with Crippen LogP contribution < -0.4 is 39.7 Å². The summed E-state index contributed by atoms with van der Waals surface area (Å²) in [6.07, 6.45) is 36.5. The molecule has 0 aliphatic carbocycles. The molecule has 5 aliphatic heterocycles. The first-order chi connectivity index (χ1) is 70.9. The molecule has 20 heterocycles. The molecular formula is C99H116Cl2N33O10S5W-. The number of nitrogens with one attached hydrogen (secondary N) is 4. The first kappa shape index (κ1) is 108. The number of nitrogens with two attached hydrogens (primary N) is 1. The van der Waals surface area contributed by atoms with Crippen molar-refractivity contribution in [2.45, 2.75) is 194 Å². The first-order valence-electron chi connectivity index (χ1n) is 48.0. The minimum atomic E-state index is -3.81. The molecule has 0 saturated heterocycles. The summed E-state index contributed by atoms with van der Waals surface area (Å²) < 4.78 is 144. The van der Waals surface area contributed by atoms with Crippen LogP contribution in [0, 0.1) is 28.2 Å². The van der Waals surface area contributed by atoms with E-state index in [1.54, 1.807) is 116 Å². The maximum Gasteiger partial charge on any atom is 0.269 e. The molecule has 0 fully saturated rings. The molecule has 150 heavy (non-hydrogen) atoms. The molecule has 43 nitrogen and oxygen atoms in total. The Kier molecular flexibility index (Phi) is 32.2. The molecule has 0 bridgehead atoms. The largest absolute Gasteiger partial charge is 0.358 e. The van der Waals surface area contributed by atoms with E-state index in [9.17, 15) is 42.1 Å². The van der Waals surface area contributed by atoms with Crippen LogP contribution in [0.3, 0.4) is 0 Å². The van der Waals surface area contributed by atoms with Crippen LogP contribution in [-0.2, 0) is 167 Å². The Balaban J connectivity index is 0.000000128. The number of halogens is 2. The van der Waals surface area contributed by atoms with Crippen LogP contribution in [0.5, 0.6) is 0 Å². The quantitative estimate of drug-likeness (QED) is 0.0262. The van der Waals surface area contributed by atoms with Crippen molar-refractivity contribution in [1.82, 2.24) is 129 Å². The van der Waals surface area contributed by atoms with Gasteiger partial charge in [0.2, 0.25) is 20.0 Å². The minimum Gasteiger partial charge on any atom is -0.358 e. The number of sulfonamides is 2. The van der Waals surface area contributed by atoms with E-state index in [1.165, 1.54) is 37.1 Å². The molecule has 51 heteroatoms. The van der Waals surface area contributed by atoms with Crippen LogP contribution in [0.4, 0.5) is 29.1 Å². The van der Waals surface area contributed by atoms with Crippen LogP contribution in [-0.4, -0.2) is 240 Å². The Morgan fingerprint density at radius 1 is 0.347 bits per heavy atom. The first-order valence-corrected chi connectivity index (χ1v) is 57.2. The number of hydrogen-bond acceptors (Lipinski definition) is 31. The average Bonchev–Trinajstić information content (AvgIpc) is 1.60. The number of aryl methyl sites for hydroxylation is 8. The van der Waals surface area contributed by atoms with Gasteiger partial charge in [0.25, 0.3) is 30.1 Å². The number of imidazole rings is 5. The number of alkyl halides is 2. The van der Waals surface area contributed by atoms with Crippen molar-refractivity contribution in [3.8, 4) is 0 Å². The third kappa shape index (κ3) is 22.8. The number of H-pyrrole nitrogens is 2. The standard InChI is InChI=1S/C23H27N7O4S2.C22H23ClN6O2S.C22H25N7O2S.C16H21N7O2S.C15H17ClN6.CH3.W/c1-16-4-6-19(7-5-16)36(33,34)30-11-9-20-22(24-15-25-23(20)30)28(2)18-8-10-29-14-17(27-21(29)12-18)13-26-35(3,31)32;2*1-15-3-5-18(6-4-15)32(30,31)29-10-8-19-21(24-14-25-22(19)29)27(2)17-7-9-28-13-16(12-23)26-20(28)11-17;1-22(16-13-3-5-17-15(13)18-10-19-16)12-4-6-23-9-11(21-14(23)7-12)8-20-26(2,24)25;1-21(15-12-2-4-17-14(12)18-9-19-15)11-3-5-22-8-10(7-16)20-13(22)6-11;;/h4-7,9,11,14-15,18,26H,8,10,12-13H2,1-3H3;3-6,8,10,13-14,17H,7,9,11-12H2,1-2H3;3-6,8,10,13-14,17H,7,9,11-12,23H2,1-2H3;3,5,9-10,12,20H,4,6-8H2,1-2H3,(H,17,18,19);2,4,8-9,11H,3,5-7H2,1H3,(H,17,18,19);1H3;/q;;;;;-1;. The van der Waals surface area contributed by atoms with Crippen molar-refractivity contribution < 1.29 is 63.2 Å². The van der Waals surface area contributed by atoms with Gasteiger partial charge in [0.05, 0.1) is 107 Å². The van der Waals surface area contributed by atoms with E-state index >= 15 is 0 Å². The maximum absolute atomic E-state index is 13.3. The molecule has 5 aliphatic rings. The van der Waals surface area contributed by atoms with Crippen molar-refractivity contribution in [3.63, 3.8) is 0 Å². The SMILES string of the molecule is CN(c1ncnc2[nH]ccc12)C1CCn2cc(CCl)nc2C1.CN(c1ncnc2[nH]ccc12)C1CCn2cc(CNS(C)(=O)=O)nc2C1.Cc1ccc(S(=O)(=O)n2ccc3c(N(C)C4CCn5cc(CCl)nc5C4)ncnc32)cc1.Cc1ccc(S(=O)(=O)n2ccc3c(N(C)C4CCn5cc(CN)nc5C4)ncnc32)cc1.Cc1ccc(S(=O)(=O)n2ccc3c(N(C)C4CCn5cc(CNS(C)(=O)=O)nc5C4)ncnc32)cc1.[CH3-].[W]. The Morgan fingerprint density at radius 2 is 0.593 bits per heavy atom. The number of likely N-dealkylation sites (N-methyl/N-ethyl adjacent to an activating group) is 5. The van der Waals surface area contributed by atoms with Gasteiger partial charge in [-0.15, -0.1) is 23.2 Å². The second-order valence-corrected chi connectivity index (χ2v) is 47.3. The summed E-state index contributed by atoms with van der Waals surface area (Å²) in [5.41, 5.74) is 15.6. The van der Waals surface area contributed by atoms with E-state index in [0.717, 1.165) is 205 Å². The van der Waals surface area contributed by atoms with Gasteiger partial charge >= 0.3 is 0 Å². The number of benzene rings is 3. The molecular weight excluding hydrogens is 2230 g/mol. The van der Waals surface area contributed by atoms with Crippen molar-refractivity contribution in [1.29, 1.82) is 0 Å². The average molecular weight is 2340 g/mol. The molecule has 6 N–H and O–H groups in total. The molecule has 0 saturated carbocycles. The summed E-state index contributed by atoms with van der Waals surface area (Å²) in [7, 11) is -7.82. The number of aromatic nitrogens is 25. The van der Waals surface area contributed by atoms with Gasteiger partial charge in [-0.25, -0.2) is 138 Å². The zero-order valence-electron chi connectivity index (χ0n) is 84.4. The monoisotopic (exact) mass is 2340 g/mol. The van der Waals surface area contributed by atoms with Crippen LogP contribution in [0.2, 0.25) is 0 Å². The van der Waals surface area contributed by atoms with E-state index in [-0.39, 0.29) is 80.4 Å². The van der Waals surface area contributed by atoms with Crippen molar-refractivity contribution in [2.24, 2.45) is 5.73 Å². The van der Waals surface area contributed by atoms with E-state index in [0.29, 0.717) is 87.0 Å². The number of aromatic amines is 2. The van der Waals surface area contributed by atoms with Gasteiger partial charge < -0.3 is 70.5 Å². The normalized spacial score (nSPS) is 16.4. The molecule has 15 aromatic heterocycles. The Bertz CT molecular complexity index is 8330. The van der Waals surface area contributed by atoms with Gasteiger partial charge in [-0.3, -0.25) is 0 Å². The zero-order chi connectivity index (χ0) is 104. The fourth-order valence-electron chi connectivity index (χ4n) is 19.6. The third-order valence-electron chi connectivity index (χ3n) is 27.8. The fraction of sp³-hybridized carbons (Fsp3) is 0.354. The van der Waals surface area contributed by atoms with Gasteiger partial charge in [0.15, 0.2) is 16.9 Å². The molecule has 0 radical (unpaired) electrons. The summed E-state index contributed by atoms with van der Waals surface area (Å²) in [5, 5.41) is 4.09. The molecule has 3 aromatic carbocycles. The Hall–Kier alpha value is -13.3. The second kappa shape index (κ2) is 44.7. The molecule has 5 unspecified atom stereocenters. The van der Waals surface area contributed by atoms with Gasteiger partial charge in [0.1, 0.15) is 101 Å². The number of hydrogen-bond donors (Lipinski definition) is 5. The summed E-state index contributed by atoms with van der Waals surface area (Å²) in [4.78, 5) is 84.5. The van der Waals surface area contributed by atoms with Crippen LogP contribution in [0.25, 0.3) is 55.2 Å². The second-order valence-electron chi connectivity index (χ2n) is 37.6. The van der Waals surface area contributed by atoms with Crippen molar-refractivity contribution in [3.05, 3.63) is 278 Å². The van der Waals surface area contributed by atoms with Crippen LogP contribution >= 0.6 is 23.2 Å². The van der Waals surface area contributed by atoms with E-state index in [2.05, 4.69) is 145 Å².